The van der Waals surface area contributed by atoms with Gasteiger partial charge in [-0.05, 0) is 43.9 Å². The van der Waals surface area contributed by atoms with Gasteiger partial charge in [0.15, 0.2) is 0 Å². The summed E-state index contributed by atoms with van der Waals surface area (Å²) in [5.74, 6) is -0.601. The zero-order chi connectivity index (χ0) is 18.7. The maximum atomic E-state index is 12.6. The van der Waals surface area contributed by atoms with Crippen LogP contribution in [0.15, 0.2) is 54.6 Å². The van der Waals surface area contributed by atoms with E-state index in [2.05, 4.69) is 0 Å². The van der Waals surface area contributed by atoms with Gasteiger partial charge in [-0.25, -0.2) is 4.79 Å². The molecule has 0 saturated heterocycles. The summed E-state index contributed by atoms with van der Waals surface area (Å²) < 4.78 is 5.70. The van der Waals surface area contributed by atoms with Crippen molar-refractivity contribution in [1.29, 1.82) is 0 Å². The summed E-state index contributed by atoms with van der Waals surface area (Å²) in [5, 5.41) is 10.7. The topological polar surface area (TPSA) is 86.5 Å². The fraction of sp³-hybridized carbons (Fsp3) is 0.300. The molecule has 134 valence electrons. The SMILES string of the molecule is CC(=O)[C@@]1(c2ccccc2)CCC[C@H]1OC(=O)c1ccc([N+](=O)[O-])cc1. The van der Waals surface area contributed by atoms with Crippen molar-refractivity contribution in [1.82, 2.24) is 0 Å². The minimum Gasteiger partial charge on any atom is -0.457 e. The molecule has 2 atom stereocenters. The van der Waals surface area contributed by atoms with Crippen LogP contribution in [0.25, 0.3) is 0 Å². The van der Waals surface area contributed by atoms with Crippen LogP contribution in [0.5, 0.6) is 0 Å². The molecule has 0 aliphatic heterocycles. The number of nitro groups is 1. The van der Waals surface area contributed by atoms with E-state index in [9.17, 15) is 19.7 Å². The first-order chi connectivity index (χ1) is 12.4. The third kappa shape index (κ3) is 3.10. The summed E-state index contributed by atoms with van der Waals surface area (Å²) in [6, 6.07) is 14.7. The molecule has 0 N–H and O–H groups in total. The third-order valence-corrected chi connectivity index (χ3v) is 5.07. The molecular weight excluding hydrogens is 334 g/mol. The predicted octanol–water partition coefficient (Wildman–Crippen LogP) is 3.83. The second-order valence-corrected chi connectivity index (χ2v) is 6.48. The number of carbonyl (C=O) groups excluding carboxylic acids is 2. The monoisotopic (exact) mass is 353 g/mol. The average Bonchev–Trinajstić information content (AvgIpc) is 3.07. The van der Waals surface area contributed by atoms with E-state index in [-0.39, 0.29) is 17.0 Å². The molecule has 0 spiro atoms. The minimum absolute atomic E-state index is 0.0253. The van der Waals surface area contributed by atoms with Crippen molar-refractivity contribution < 1.29 is 19.2 Å². The van der Waals surface area contributed by atoms with Crippen LogP contribution in [0.1, 0.15) is 42.1 Å². The highest BCUT2D eigenvalue weighted by Gasteiger charge is 2.50. The molecule has 1 aliphatic carbocycles. The van der Waals surface area contributed by atoms with E-state index in [1.807, 2.05) is 30.3 Å². The minimum atomic E-state index is -0.836. The fourth-order valence-electron chi connectivity index (χ4n) is 3.72. The van der Waals surface area contributed by atoms with Crippen LogP contribution < -0.4 is 0 Å². The van der Waals surface area contributed by atoms with Gasteiger partial charge in [-0.1, -0.05) is 30.3 Å². The van der Waals surface area contributed by atoms with Crippen LogP contribution in [0, 0.1) is 10.1 Å². The Bertz CT molecular complexity index is 831. The Balaban J connectivity index is 1.86. The number of benzene rings is 2. The maximum Gasteiger partial charge on any atom is 0.338 e. The number of carbonyl (C=O) groups is 2. The lowest BCUT2D eigenvalue weighted by Crippen LogP contribution is -2.43. The van der Waals surface area contributed by atoms with E-state index >= 15 is 0 Å². The molecule has 6 nitrogen and oxygen atoms in total. The van der Waals surface area contributed by atoms with Gasteiger partial charge >= 0.3 is 5.97 Å². The summed E-state index contributed by atoms with van der Waals surface area (Å²) in [7, 11) is 0. The molecule has 1 saturated carbocycles. The van der Waals surface area contributed by atoms with Gasteiger partial charge in [0.2, 0.25) is 0 Å². The van der Waals surface area contributed by atoms with Gasteiger partial charge < -0.3 is 4.74 Å². The van der Waals surface area contributed by atoms with Gasteiger partial charge in [0.25, 0.3) is 5.69 Å². The highest BCUT2D eigenvalue weighted by molar-refractivity contribution is 5.92. The maximum absolute atomic E-state index is 12.6. The van der Waals surface area contributed by atoms with Gasteiger partial charge in [-0.15, -0.1) is 0 Å². The standard InChI is InChI=1S/C20H19NO5/c1-14(22)20(16-6-3-2-4-7-16)13-5-8-18(20)26-19(23)15-9-11-17(12-10-15)21(24)25/h2-4,6-7,9-12,18H,5,8,13H2,1H3/t18-,20-/m1/s1. The van der Waals surface area contributed by atoms with E-state index < -0.39 is 22.4 Å². The fourth-order valence-corrected chi connectivity index (χ4v) is 3.72. The molecule has 3 rings (SSSR count). The molecule has 0 heterocycles. The lowest BCUT2D eigenvalue weighted by Gasteiger charge is -2.33. The Labute approximate surface area is 150 Å². The first-order valence-electron chi connectivity index (χ1n) is 8.47. The van der Waals surface area contributed by atoms with Gasteiger partial charge in [0, 0.05) is 12.1 Å². The molecule has 0 amide bonds. The summed E-state index contributed by atoms with van der Waals surface area (Å²) in [6.07, 6.45) is 1.47. The Morgan fingerprint density at radius 1 is 1.12 bits per heavy atom. The van der Waals surface area contributed by atoms with Crippen molar-refractivity contribution in [2.45, 2.75) is 37.7 Å². The van der Waals surface area contributed by atoms with Crippen LogP contribution >= 0.6 is 0 Å². The average molecular weight is 353 g/mol. The number of non-ortho nitro benzene ring substituents is 1. The van der Waals surface area contributed by atoms with Crippen molar-refractivity contribution in [2.24, 2.45) is 0 Å². The first kappa shape index (κ1) is 17.8. The summed E-state index contributed by atoms with van der Waals surface area (Å²) >= 11 is 0. The summed E-state index contributed by atoms with van der Waals surface area (Å²) in [4.78, 5) is 35.3. The summed E-state index contributed by atoms with van der Waals surface area (Å²) in [5.41, 5.74) is 0.154. The third-order valence-electron chi connectivity index (χ3n) is 5.07. The van der Waals surface area contributed by atoms with Crippen molar-refractivity contribution in [3.05, 3.63) is 75.8 Å². The second kappa shape index (κ2) is 7.07. The zero-order valence-electron chi connectivity index (χ0n) is 14.4. The quantitative estimate of drug-likeness (QED) is 0.463. The molecule has 0 bridgehead atoms. The number of Topliss-reactive ketones (excluding diaryl/α,β-unsaturated/α-hetero) is 1. The van der Waals surface area contributed by atoms with Crippen molar-refractivity contribution in [3.8, 4) is 0 Å². The molecule has 1 aliphatic rings. The molecule has 6 heteroatoms. The molecule has 2 aromatic carbocycles. The molecule has 2 aromatic rings. The Morgan fingerprint density at radius 2 is 1.77 bits per heavy atom. The molecule has 0 aromatic heterocycles. The van der Waals surface area contributed by atoms with E-state index in [4.69, 9.17) is 4.74 Å². The highest BCUT2D eigenvalue weighted by atomic mass is 16.6. The van der Waals surface area contributed by atoms with Gasteiger partial charge in [-0.3, -0.25) is 14.9 Å². The molecule has 1 fully saturated rings. The number of hydrogen-bond donors (Lipinski definition) is 0. The molecular formula is C20H19NO5. The van der Waals surface area contributed by atoms with Gasteiger partial charge in [0.05, 0.1) is 15.9 Å². The number of ether oxygens (including phenoxy) is 1. The predicted molar refractivity (Wildman–Crippen MR) is 95.0 cm³/mol. The largest absolute Gasteiger partial charge is 0.457 e. The zero-order valence-corrected chi connectivity index (χ0v) is 14.4. The van der Waals surface area contributed by atoms with E-state index in [1.54, 1.807) is 0 Å². The van der Waals surface area contributed by atoms with Crippen molar-refractivity contribution in [2.75, 3.05) is 0 Å². The lowest BCUT2D eigenvalue weighted by atomic mass is 9.74. The highest BCUT2D eigenvalue weighted by Crippen LogP contribution is 2.44. The normalized spacial score (nSPS) is 22.0. The smallest absolute Gasteiger partial charge is 0.338 e. The number of ketones is 1. The number of rotatable bonds is 5. The second-order valence-electron chi connectivity index (χ2n) is 6.48. The van der Waals surface area contributed by atoms with Crippen LogP contribution in [-0.2, 0) is 14.9 Å². The van der Waals surface area contributed by atoms with E-state index in [1.165, 1.54) is 31.2 Å². The molecule has 26 heavy (non-hydrogen) atoms. The van der Waals surface area contributed by atoms with Gasteiger partial charge in [-0.2, -0.15) is 0 Å². The summed E-state index contributed by atoms with van der Waals surface area (Å²) in [6.45, 7) is 1.53. The van der Waals surface area contributed by atoms with E-state index in [0.717, 1.165) is 12.0 Å². The van der Waals surface area contributed by atoms with Crippen LogP contribution in [-0.4, -0.2) is 22.8 Å². The van der Waals surface area contributed by atoms with Crippen LogP contribution in [0.3, 0.4) is 0 Å². The lowest BCUT2D eigenvalue weighted by molar-refractivity contribution is -0.384. The number of esters is 1. The Morgan fingerprint density at radius 3 is 2.35 bits per heavy atom. The van der Waals surface area contributed by atoms with Crippen LogP contribution in [0.2, 0.25) is 0 Å². The molecule has 0 radical (unpaired) electrons. The number of hydrogen-bond acceptors (Lipinski definition) is 5. The first-order valence-corrected chi connectivity index (χ1v) is 8.47. The van der Waals surface area contributed by atoms with E-state index in [0.29, 0.717) is 12.8 Å². The van der Waals surface area contributed by atoms with Crippen LogP contribution in [0.4, 0.5) is 5.69 Å². The Hall–Kier alpha value is -3.02. The number of nitrogens with zero attached hydrogens (tertiary/aromatic N) is 1. The van der Waals surface area contributed by atoms with Crippen molar-refractivity contribution in [3.63, 3.8) is 0 Å². The van der Waals surface area contributed by atoms with Crippen molar-refractivity contribution >= 4 is 17.4 Å². The number of nitro benzene ring substituents is 1. The molecule has 0 unspecified atom stereocenters. The van der Waals surface area contributed by atoms with Gasteiger partial charge in [0.1, 0.15) is 11.9 Å². The Kier molecular flexibility index (Phi) is 4.84.